The van der Waals surface area contributed by atoms with E-state index in [1.54, 1.807) is 0 Å². The minimum absolute atomic E-state index is 0.500. The highest BCUT2D eigenvalue weighted by atomic mass is 14.3. The third kappa shape index (κ3) is 12.1. The Bertz CT molecular complexity index is 142. The summed E-state index contributed by atoms with van der Waals surface area (Å²) in [5, 5.41) is 0. The predicted molar refractivity (Wildman–Crippen MR) is 77.9 cm³/mol. The molecule has 0 bridgehead atoms. The zero-order valence-corrected chi connectivity index (χ0v) is 13.4. The van der Waals surface area contributed by atoms with Crippen molar-refractivity contribution >= 4 is 0 Å². The van der Waals surface area contributed by atoms with Gasteiger partial charge in [-0.2, -0.15) is 0 Å². The van der Waals surface area contributed by atoms with Gasteiger partial charge in [-0.1, -0.05) is 88.0 Å². The third-order valence-corrected chi connectivity index (χ3v) is 3.15. The molecule has 0 nitrogen and oxygen atoms in total. The molecule has 16 heavy (non-hydrogen) atoms. The van der Waals surface area contributed by atoms with Crippen molar-refractivity contribution in [2.45, 2.75) is 88.0 Å². The smallest absolute Gasteiger partial charge is 0.0329 e. The molecular formula is C16H36. The lowest BCUT2D eigenvalue weighted by atomic mass is 9.73. The minimum atomic E-state index is 0.500. The molecule has 0 radical (unpaired) electrons. The summed E-state index contributed by atoms with van der Waals surface area (Å²) < 4.78 is 0. The fraction of sp³-hybridized carbons (Fsp3) is 1.00. The van der Waals surface area contributed by atoms with E-state index in [1.807, 2.05) is 0 Å². The van der Waals surface area contributed by atoms with Crippen LogP contribution in [0.25, 0.3) is 0 Å². The van der Waals surface area contributed by atoms with Crippen LogP contribution < -0.4 is 0 Å². The van der Waals surface area contributed by atoms with Gasteiger partial charge in [0.1, 0.15) is 0 Å². The Labute approximate surface area is 105 Å². The standard InChI is InChI=1S/C11H24.C5H12/c1-6-9-10(7-2)11(4,5)8-3;1-5(2,3)4/h10H,6-9H2,1-5H3;1-4H3. The van der Waals surface area contributed by atoms with Crippen LogP contribution in [0.1, 0.15) is 88.0 Å². The van der Waals surface area contributed by atoms with E-state index >= 15 is 0 Å². The van der Waals surface area contributed by atoms with Crippen LogP contribution >= 0.6 is 0 Å². The lowest BCUT2D eigenvalue weighted by Crippen LogP contribution is -2.22. The number of rotatable bonds is 5. The lowest BCUT2D eigenvalue weighted by molar-refractivity contribution is 0.184. The highest BCUT2D eigenvalue weighted by Gasteiger charge is 2.24. The van der Waals surface area contributed by atoms with Gasteiger partial charge in [-0.3, -0.25) is 0 Å². The van der Waals surface area contributed by atoms with Gasteiger partial charge in [0.05, 0.1) is 0 Å². The Morgan fingerprint density at radius 1 is 0.812 bits per heavy atom. The van der Waals surface area contributed by atoms with Gasteiger partial charge in [0, 0.05) is 0 Å². The van der Waals surface area contributed by atoms with Crippen molar-refractivity contribution in [3.05, 3.63) is 0 Å². The van der Waals surface area contributed by atoms with Crippen molar-refractivity contribution in [2.75, 3.05) is 0 Å². The van der Waals surface area contributed by atoms with Gasteiger partial charge in [-0.25, -0.2) is 0 Å². The van der Waals surface area contributed by atoms with E-state index < -0.39 is 0 Å². The maximum Gasteiger partial charge on any atom is -0.0329 e. The molecule has 0 saturated carbocycles. The topological polar surface area (TPSA) is 0 Å². The molecule has 0 aromatic carbocycles. The predicted octanol–water partition coefficient (Wildman–Crippen LogP) is 6.30. The van der Waals surface area contributed by atoms with Gasteiger partial charge in [-0.15, -0.1) is 0 Å². The van der Waals surface area contributed by atoms with Crippen molar-refractivity contribution in [1.29, 1.82) is 0 Å². The van der Waals surface area contributed by atoms with Crippen LogP contribution in [0.2, 0.25) is 0 Å². The molecule has 0 aromatic heterocycles. The van der Waals surface area contributed by atoms with Crippen LogP contribution in [0.4, 0.5) is 0 Å². The molecule has 0 heterocycles. The summed E-state index contributed by atoms with van der Waals surface area (Å²) in [6.45, 7) is 20.5. The first kappa shape index (κ1) is 18.4. The summed E-state index contributed by atoms with van der Waals surface area (Å²) >= 11 is 0. The first-order chi connectivity index (χ1) is 7.08. The summed E-state index contributed by atoms with van der Waals surface area (Å²) in [5.74, 6) is 0.928. The zero-order valence-electron chi connectivity index (χ0n) is 13.4. The van der Waals surface area contributed by atoms with E-state index in [4.69, 9.17) is 0 Å². The molecule has 0 fully saturated rings. The Morgan fingerprint density at radius 2 is 1.19 bits per heavy atom. The maximum absolute atomic E-state index is 2.40. The fourth-order valence-electron chi connectivity index (χ4n) is 1.78. The molecule has 1 atom stereocenters. The van der Waals surface area contributed by atoms with Crippen LogP contribution in [0.5, 0.6) is 0 Å². The Hall–Kier alpha value is 0. The molecule has 0 aromatic rings. The van der Waals surface area contributed by atoms with Crippen LogP contribution in [-0.4, -0.2) is 0 Å². The average Bonchev–Trinajstić information content (AvgIpc) is 2.11. The molecule has 0 aliphatic rings. The van der Waals surface area contributed by atoms with E-state index in [1.165, 1.54) is 25.7 Å². The molecule has 0 spiro atoms. The number of hydrogen-bond donors (Lipinski definition) is 0. The molecule has 0 heteroatoms. The summed E-state index contributed by atoms with van der Waals surface area (Å²) in [6, 6.07) is 0. The molecule has 0 amide bonds. The van der Waals surface area contributed by atoms with Crippen LogP contribution in [0.15, 0.2) is 0 Å². The second-order valence-corrected chi connectivity index (χ2v) is 7.24. The van der Waals surface area contributed by atoms with Gasteiger partial charge < -0.3 is 0 Å². The monoisotopic (exact) mass is 228 g/mol. The molecule has 0 saturated heterocycles. The SMILES string of the molecule is CC(C)(C)C.CCCC(CC)C(C)(C)CC. The zero-order chi connectivity index (χ0) is 13.4. The number of hydrogen-bond acceptors (Lipinski definition) is 0. The maximum atomic E-state index is 2.40. The van der Waals surface area contributed by atoms with Crippen LogP contribution in [-0.2, 0) is 0 Å². The van der Waals surface area contributed by atoms with Gasteiger partial charge in [-0.05, 0) is 16.7 Å². The van der Waals surface area contributed by atoms with E-state index in [0.29, 0.717) is 10.8 Å². The molecule has 0 aliphatic carbocycles. The van der Waals surface area contributed by atoms with Crippen molar-refractivity contribution in [3.8, 4) is 0 Å². The molecule has 0 N–H and O–H groups in total. The summed E-state index contributed by atoms with van der Waals surface area (Å²) in [4.78, 5) is 0. The van der Waals surface area contributed by atoms with E-state index in [9.17, 15) is 0 Å². The second-order valence-electron chi connectivity index (χ2n) is 7.24. The van der Waals surface area contributed by atoms with E-state index in [2.05, 4.69) is 62.3 Å². The molecule has 100 valence electrons. The van der Waals surface area contributed by atoms with Gasteiger partial charge in [0.25, 0.3) is 0 Å². The van der Waals surface area contributed by atoms with Gasteiger partial charge in [0.15, 0.2) is 0 Å². The molecule has 0 aliphatic heterocycles. The minimum Gasteiger partial charge on any atom is -0.0654 e. The Kier molecular flexibility index (Phi) is 9.35. The van der Waals surface area contributed by atoms with E-state index in [-0.39, 0.29) is 0 Å². The largest absolute Gasteiger partial charge is 0.0654 e. The fourth-order valence-corrected chi connectivity index (χ4v) is 1.78. The Morgan fingerprint density at radius 3 is 1.38 bits per heavy atom. The summed E-state index contributed by atoms with van der Waals surface area (Å²) in [7, 11) is 0. The Balaban J connectivity index is 0. The first-order valence-electron chi connectivity index (χ1n) is 7.08. The van der Waals surface area contributed by atoms with Crippen molar-refractivity contribution in [2.24, 2.45) is 16.7 Å². The lowest BCUT2D eigenvalue weighted by Gasteiger charge is -2.32. The van der Waals surface area contributed by atoms with E-state index in [0.717, 1.165) is 5.92 Å². The van der Waals surface area contributed by atoms with Crippen molar-refractivity contribution in [1.82, 2.24) is 0 Å². The molecular weight excluding hydrogens is 192 g/mol. The highest BCUT2D eigenvalue weighted by Crippen LogP contribution is 2.35. The van der Waals surface area contributed by atoms with Crippen LogP contribution in [0.3, 0.4) is 0 Å². The normalized spacial score (nSPS) is 14.1. The summed E-state index contributed by atoms with van der Waals surface area (Å²) in [6.07, 6.45) is 5.39. The first-order valence-corrected chi connectivity index (χ1v) is 7.08. The molecule has 1 unspecified atom stereocenters. The summed E-state index contributed by atoms with van der Waals surface area (Å²) in [5.41, 5.74) is 1.06. The van der Waals surface area contributed by atoms with Crippen molar-refractivity contribution in [3.63, 3.8) is 0 Å². The quantitative estimate of drug-likeness (QED) is 0.518. The van der Waals surface area contributed by atoms with Gasteiger partial charge in [0.2, 0.25) is 0 Å². The van der Waals surface area contributed by atoms with Crippen molar-refractivity contribution < 1.29 is 0 Å². The van der Waals surface area contributed by atoms with Crippen LogP contribution in [0, 0.1) is 16.7 Å². The third-order valence-electron chi connectivity index (χ3n) is 3.15. The highest BCUT2D eigenvalue weighted by molar-refractivity contribution is 4.75. The second kappa shape index (κ2) is 8.14. The van der Waals surface area contributed by atoms with Gasteiger partial charge >= 0.3 is 0 Å². The average molecular weight is 228 g/mol. The molecule has 0 rings (SSSR count).